The molecule has 1 aliphatic carbocycles. The second kappa shape index (κ2) is 4.96. The third kappa shape index (κ3) is 2.72. The van der Waals surface area contributed by atoms with Crippen LogP contribution >= 0.6 is 11.6 Å². The fourth-order valence-electron chi connectivity index (χ4n) is 2.11. The molecule has 0 saturated heterocycles. The summed E-state index contributed by atoms with van der Waals surface area (Å²) in [6.45, 7) is 0.992. The first-order valence-corrected chi connectivity index (χ1v) is 6.19. The van der Waals surface area contributed by atoms with Gasteiger partial charge in [0.05, 0.1) is 16.3 Å². The molecule has 1 saturated carbocycles. The zero-order valence-corrected chi connectivity index (χ0v) is 10.6. The molecule has 0 aromatic heterocycles. The third-order valence-corrected chi connectivity index (χ3v) is 3.67. The van der Waals surface area contributed by atoms with Crippen LogP contribution in [0, 0.1) is 5.92 Å². The standard InChI is InChI=1S/C13H16ClNO2/c1-15(8-9-3-2-4-9)12-6-5-10(13(16)17)7-11(12)14/h5-7,9H,2-4,8H2,1H3,(H,16,17). The molecule has 0 atom stereocenters. The number of rotatable bonds is 4. The van der Waals surface area contributed by atoms with Crippen molar-refractivity contribution in [3.05, 3.63) is 28.8 Å². The Balaban J connectivity index is 2.11. The summed E-state index contributed by atoms with van der Waals surface area (Å²) in [6.07, 6.45) is 3.90. The Kier molecular flexibility index (Phi) is 3.57. The number of anilines is 1. The number of carbonyl (C=O) groups is 1. The first-order valence-electron chi connectivity index (χ1n) is 5.82. The van der Waals surface area contributed by atoms with Gasteiger partial charge in [-0.1, -0.05) is 18.0 Å². The van der Waals surface area contributed by atoms with E-state index in [4.69, 9.17) is 16.7 Å². The Hall–Kier alpha value is -1.22. The summed E-state index contributed by atoms with van der Waals surface area (Å²) in [4.78, 5) is 12.9. The van der Waals surface area contributed by atoms with Crippen LogP contribution in [0.4, 0.5) is 5.69 Å². The maximum Gasteiger partial charge on any atom is 0.335 e. The van der Waals surface area contributed by atoms with E-state index < -0.39 is 5.97 Å². The van der Waals surface area contributed by atoms with Gasteiger partial charge in [0.25, 0.3) is 0 Å². The van der Waals surface area contributed by atoms with E-state index in [0.29, 0.717) is 5.02 Å². The summed E-state index contributed by atoms with van der Waals surface area (Å²) < 4.78 is 0. The summed E-state index contributed by atoms with van der Waals surface area (Å²) in [7, 11) is 2.00. The number of hydrogen-bond acceptors (Lipinski definition) is 2. The molecule has 0 radical (unpaired) electrons. The average molecular weight is 254 g/mol. The van der Waals surface area contributed by atoms with Crippen LogP contribution in [0.25, 0.3) is 0 Å². The number of hydrogen-bond donors (Lipinski definition) is 1. The SMILES string of the molecule is CN(CC1CCC1)c1ccc(C(=O)O)cc1Cl. The second-order valence-corrected chi connectivity index (χ2v) is 5.06. The highest BCUT2D eigenvalue weighted by molar-refractivity contribution is 6.33. The maximum atomic E-state index is 10.8. The Labute approximate surface area is 106 Å². The Morgan fingerprint density at radius 1 is 1.53 bits per heavy atom. The number of halogens is 1. The maximum absolute atomic E-state index is 10.8. The molecular weight excluding hydrogens is 238 g/mol. The van der Waals surface area contributed by atoms with Gasteiger partial charge >= 0.3 is 5.97 Å². The molecule has 4 heteroatoms. The lowest BCUT2D eigenvalue weighted by Crippen LogP contribution is -2.29. The molecule has 1 aromatic rings. The van der Waals surface area contributed by atoms with Crippen molar-refractivity contribution in [3.8, 4) is 0 Å². The topological polar surface area (TPSA) is 40.5 Å². The van der Waals surface area contributed by atoms with Gasteiger partial charge in [-0.2, -0.15) is 0 Å². The fraction of sp³-hybridized carbons (Fsp3) is 0.462. The summed E-state index contributed by atoms with van der Waals surface area (Å²) in [6, 6.07) is 4.89. The van der Waals surface area contributed by atoms with Crippen molar-refractivity contribution in [2.24, 2.45) is 5.92 Å². The largest absolute Gasteiger partial charge is 0.478 e. The van der Waals surface area contributed by atoms with Crippen molar-refractivity contribution in [3.63, 3.8) is 0 Å². The van der Waals surface area contributed by atoms with Crippen LogP contribution < -0.4 is 4.90 Å². The van der Waals surface area contributed by atoms with Crippen LogP contribution in [0.15, 0.2) is 18.2 Å². The van der Waals surface area contributed by atoms with Gasteiger partial charge in [-0.3, -0.25) is 0 Å². The van der Waals surface area contributed by atoms with Gasteiger partial charge in [0.2, 0.25) is 0 Å². The summed E-state index contributed by atoms with van der Waals surface area (Å²) in [5, 5.41) is 9.37. The third-order valence-electron chi connectivity index (χ3n) is 3.36. The Bertz CT molecular complexity index is 429. The minimum atomic E-state index is -0.944. The molecule has 0 spiro atoms. The minimum Gasteiger partial charge on any atom is -0.478 e. The molecule has 1 fully saturated rings. The molecule has 1 aliphatic rings. The molecule has 0 unspecified atom stereocenters. The number of benzene rings is 1. The predicted molar refractivity (Wildman–Crippen MR) is 69.0 cm³/mol. The minimum absolute atomic E-state index is 0.232. The highest BCUT2D eigenvalue weighted by atomic mass is 35.5. The Morgan fingerprint density at radius 3 is 2.71 bits per heavy atom. The van der Waals surface area contributed by atoms with E-state index in [9.17, 15) is 4.79 Å². The average Bonchev–Trinajstić information content (AvgIpc) is 2.22. The van der Waals surface area contributed by atoms with Gasteiger partial charge < -0.3 is 10.0 Å². The van der Waals surface area contributed by atoms with Crippen molar-refractivity contribution < 1.29 is 9.90 Å². The van der Waals surface area contributed by atoms with E-state index in [-0.39, 0.29) is 5.56 Å². The van der Waals surface area contributed by atoms with Crippen LogP contribution in [0.1, 0.15) is 29.6 Å². The summed E-state index contributed by atoms with van der Waals surface area (Å²) in [5.74, 6) is -0.185. The van der Waals surface area contributed by atoms with Crippen LogP contribution in [-0.4, -0.2) is 24.7 Å². The molecule has 3 nitrogen and oxygen atoms in total. The first kappa shape index (κ1) is 12.2. The van der Waals surface area contributed by atoms with Crippen LogP contribution in [0.5, 0.6) is 0 Å². The van der Waals surface area contributed by atoms with E-state index in [2.05, 4.69) is 4.90 Å². The molecule has 1 N–H and O–H groups in total. The van der Waals surface area contributed by atoms with Crippen LogP contribution in [0.2, 0.25) is 5.02 Å². The fourth-order valence-corrected chi connectivity index (χ4v) is 2.44. The van der Waals surface area contributed by atoms with Crippen molar-refractivity contribution in [1.29, 1.82) is 0 Å². The van der Waals surface area contributed by atoms with E-state index in [1.807, 2.05) is 7.05 Å². The van der Waals surface area contributed by atoms with Crippen molar-refractivity contribution in [2.45, 2.75) is 19.3 Å². The van der Waals surface area contributed by atoms with Gasteiger partial charge in [-0.05, 0) is 37.0 Å². The van der Waals surface area contributed by atoms with Gasteiger partial charge in [0, 0.05) is 13.6 Å². The predicted octanol–water partition coefficient (Wildman–Crippen LogP) is 3.27. The molecule has 0 aliphatic heterocycles. The summed E-state index contributed by atoms with van der Waals surface area (Å²) in [5.41, 5.74) is 1.14. The van der Waals surface area contributed by atoms with E-state index >= 15 is 0 Å². The van der Waals surface area contributed by atoms with Crippen molar-refractivity contribution in [2.75, 3.05) is 18.5 Å². The number of nitrogens with zero attached hydrogens (tertiary/aromatic N) is 1. The van der Waals surface area contributed by atoms with E-state index in [1.54, 1.807) is 12.1 Å². The lowest BCUT2D eigenvalue weighted by atomic mass is 9.85. The van der Waals surface area contributed by atoms with Gasteiger partial charge in [0.15, 0.2) is 0 Å². The zero-order valence-electron chi connectivity index (χ0n) is 9.82. The zero-order chi connectivity index (χ0) is 12.4. The van der Waals surface area contributed by atoms with Crippen LogP contribution in [0.3, 0.4) is 0 Å². The van der Waals surface area contributed by atoms with E-state index in [0.717, 1.165) is 18.2 Å². The summed E-state index contributed by atoms with van der Waals surface area (Å²) >= 11 is 6.11. The van der Waals surface area contributed by atoms with Crippen molar-refractivity contribution >= 4 is 23.3 Å². The molecule has 0 amide bonds. The molecule has 17 heavy (non-hydrogen) atoms. The van der Waals surface area contributed by atoms with E-state index in [1.165, 1.54) is 25.3 Å². The molecule has 92 valence electrons. The van der Waals surface area contributed by atoms with Gasteiger partial charge in [-0.25, -0.2) is 4.79 Å². The normalized spacial score (nSPS) is 15.4. The van der Waals surface area contributed by atoms with Gasteiger partial charge in [-0.15, -0.1) is 0 Å². The number of carboxylic acid groups (broad SMARTS) is 1. The molecule has 0 bridgehead atoms. The lowest BCUT2D eigenvalue weighted by Gasteiger charge is -2.31. The highest BCUT2D eigenvalue weighted by Gasteiger charge is 2.20. The van der Waals surface area contributed by atoms with Crippen molar-refractivity contribution in [1.82, 2.24) is 0 Å². The molecule has 1 aromatic carbocycles. The Morgan fingerprint density at radius 2 is 2.24 bits per heavy atom. The molecular formula is C13H16ClNO2. The van der Waals surface area contributed by atoms with Crippen LogP contribution in [-0.2, 0) is 0 Å². The first-order chi connectivity index (χ1) is 8.08. The number of aromatic carboxylic acids is 1. The monoisotopic (exact) mass is 253 g/mol. The highest BCUT2D eigenvalue weighted by Crippen LogP contribution is 2.31. The quantitative estimate of drug-likeness (QED) is 0.895. The number of carboxylic acids is 1. The smallest absolute Gasteiger partial charge is 0.335 e. The molecule has 0 heterocycles. The molecule has 2 rings (SSSR count). The lowest BCUT2D eigenvalue weighted by molar-refractivity contribution is 0.0697. The second-order valence-electron chi connectivity index (χ2n) is 4.65. The van der Waals surface area contributed by atoms with Gasteiger partial charge in [0.1, 0.15) is 0 Å².